The molecule has 0 saturated carbocycles. The van der Waals surface area contributed by atoms with E-state index in [0.29, 0.717) is 22.0 Å². The Kier molecular flexibility index (Phi) is 6.26. The summed E-state index contributed by atoms with van der Waals surface area (Å²) in [4.78, 5) is 25.3. The van der Waals surface area contributed by atoms with Crippen molar-refractivity contribution in [3.63, 3.8) is 0 Å². The minimum absolute atomic E-state index is 0.248. The number of carbonyl (C=O) groups excluding carboxylic acids is 2. The molecule has 0 aliphatic carbocycles. The van der Waals surface area contributed by atoms with Gasteiger partial charge in [0.1, 0.15) is 10.6 Å². The van der Waals surface area contributed by atoms with E-state index < -0.39 is 5.97 Å². The van der Waals surface area contributed by atoms with Gasteiger partial charge in [0.25, 0.3) is 5.91 Å². The third-order valence-electron chi connectivity index (χ3n) is 4.42. The Labute approximate surface area is 169 Å². The van der Waals surface area contributed by atoms with Crippen LogP contribution < -0.4 is 5.32 Å². The maximum atomic E-state index is 12.7. The van der Waals surface area contributed by atoms with Gasteiger partial charge in [-0.1, -0.05) is 56.3 Å². The summed E-state index contributed by atoms with van der Waals surface area (Å²) in [5, 5.41) is 5.25. The second-order valence-corrected chi connectivity index (χ2v) is 7.55. The summed E-state index contributed by atoms with van der Waals surface area (Å²) < 4.78 is 5.23. The lowest BCUT2D eigenvalue weighted by molar-refractivity contribution is 0.0529. The largest absolute Gasteiger partial charge is 0.462 e. The van der Waals surface area contributed by atoms with Gasteiger partial charge in [0.15, 0.2) is 0 Å². The van der Waals surface area contributed by atoms with E-state index >= 15 is 0 Å². The monoisotopic (exact) mass is 393 g/mol. The van der Waals surface area contributed by atoms with Crippen LogP contribution >= 0.6 is 11.3 Å². The Bertz CT molecular complexity index is 959. The Balaban J connectivity index is 1.92. The van der Waals surface area contributed by atoms with Gasteiger partial charge in [-0.25, -0.2) is 4.79 Å². The van der Waals surface area contributed by atoms with Gasteiger partial charge in [0, 0.05) is 16.5 Å². The van der Waals surface area contributed by atoms with Crippen LogP contribution in [0.4, 0.5) is 5.00 Å². The summed E-state index contributed by atoms with van der Waals surface area (Å²) >= 11 is 1.32. The fourth-order valence-electron chi connectivity index (χ4n) is 2.88. The van der Waals surface area contributed by atoms with Crippen molar-refractivity contribution in [1.29, 1.82) is 0 Å². The summed E-state index contributed by atoms with van der Waals surface area (Å²) in [5.74, 6) is -0.284. The lowest BCUT2D eigenvalue weighted by Crippen LogP contribution is -2.15. The maximum Gasteiger partial charge on any atom is 0.341 e. The van der Waals surface area contributed by atoms with Crippen molar-refractivity contribution in [2.24, 2.45) is 0 Å². The highest BCUT2D eigenvalue weighted by atomic mass is 32.1. The first-order chi connectivity index (χ1) is 13.5. The number of rotatable bonds is 6. The van der Waals surface area contributed by atoms with Crippen LogP contribution in [0.1, 0.15) is 53.0 Å². The Morgan fingerprint density at radius 2 is 1.71 bits per heavy atom. The smallest absolute Gasteiger partial charge is 0.341 e. The van der Waals surface area contributed by atoms with E-state index in [2.05, 4.69) is 19.2 Å². The predicted molar refractivity (Wildman–Crippen MR) is 114 cm³/mol. The zero-order chi connectivity index (χ0) is 20.1. The first kappa shape index (κ1) is 19.8. The Morgan fingerprint density at radius 1 is 1.04 bits per heavy atom. The highest BCUT2D eigenvalue weighted by molar-refractivity contribution is 7.15. The van der Waals surface area contributed by atoms with Gasteiger partial charge < -0.3 is 10.1 Å². The van der Waals surface area contributed by atoms with Gasteiger partial charge in [-0.15, -0.1) is 11.3 Å². The molecule has 0 saturated heterocycles. The van der Waals surface area contributed by atoms with Crippen molar-refractivity contribution in [2.75, 3.05) is 11.9 Å². The molecule has 1 amide bonds. The molecule has 4 nitrogen and oxygen atoms in total. The second-order valence-electron chi connectivity index (χ2n) is 6.67. The van der Waals surface area contributed by atoms with Crippen LogP contribution in [0.2, 0.25) is 0 Å². The molecule has 0 spiro atoms. The second kappa shape index (κ2) is 8.85. The lowest BCUT2D eigenvalue weighted by atomic mass is 10.0. The zero-order valence-corrected chi connectivity index (χ0v) is 17.0. The highest BCUT2D eigenvalue weighted by Crippen LogP contribution is 2.36. The molecule has 0 bridgehead atoms. The molecule has 1 aromatic heterocycles. The number of amides is 1. The van der Waals surface area contributed by atoms with Crippen molar-refractivity contribution < 1.29 is 14.3 Å². The average Bonchev–Trinajstić information content (AvgIpc) is 3.12. The molecular weight excluding hydrogens is 370 g/mol. The van der Waals surface area contributed by atoms with Gasteiger partial charge in [-0.3, -0.25) is 4.79 Å². The molecular formula is C23H23NO3S. The van der Waals surface area contributed by atoms with Gasteiger partial charge in [-0.05, 0) is 36.1 Å². The standard InChI is InChI=1S/C23H23NO3S/c1-4-27-23(26)20-19(17-8-6-5-7-9-17)14-28-22(20)24-21(25)18-12-10-16(11-13-18)15(2)3/h5-15H,4H2,1-3H3,(H,24,25). The fourth-order valence-corrected chi connectivity index (χ4v) is 3.83. The normalized spacial score (nSPS) is 10.7. The number of carbonyl (C=O) groups is 2. The van der Waals surface area contributed by atoms with E-state index in [9.17, 15) is 9.59 Å². The molecule has 0 radical (unpaired) electrons. The summed E-state index contributed by atoms with van der Waals surface area (Å²) in [6, 6.07) is 17.1. The molecule has 144 valence electrons. The van der Waals surface area contributed by atoms with Crippen molar-refractivity contribution in [3.05, 3.63) is 76.7 Å². The average molecular weight is 394 g/mol. The number of anilines is 1. The minimum Gasteiger partial charge on any atom is -0.462 e. The molecule has 0 aliphatic heterocycles. The summed E-state index contributed by atoms with van der Waals surface area (Å²) in [6.45, 7) is 6.25. The predicted octanol–water partition coefficient (Wildman–Crippen LogP) is 5.97. The van der Waals surface area contributed by atoms with Crippen LogP contribution in [0, 0.1) is 0 Å². The number of esters is 1. The van der Waals surface area contributed by atoms with E-state index in [-0.39, 0.29) is 12.5 Å². The number of hydrogen-bond acceptors (Lipinski definition) is 4. The summed E-state index contributed by atoms with van der Waals surface area (Å²) in [6.07, 6.45) is 0. The molecule has 5 heteroatoms. The molecule has 3 aromatic rings. The molecule has 1 heterocycles. The third-order valence-corrected chi connectivity index (χ3v) is 5.32. The highest BCUT2D eigenvalue weighted by Gasteiger charge is 2.23. The van der Waals surface area contributed by atoms with Crippen LogP contribution in [0.15, 0.2) is 60.0 Å². The van der Waals surface area contributed by atoms with Crippen LogP contribution in [0.3, 0.4) is 0 Å². The molecule has 0 atom stereocenters. The van der Waals surface area contributed by atoms with Crippen molar-refractivity contribution >= 4 is 28.2 Å². The van der Waals surface area contributed by atoms with E-state index in [1.807, 2.05) is 47.8 Å². The van der Waals surface area contributed by atoms with E-state index in [0.717, 1.165) is 11.1 Å². The molecule has 3 rings (SSSR count). The SMILES string of the molecule is CCOC(=O)c1c(-c2ccccc2)csc1NC(=O)c1ccc(C(C)C)cc1. The molecule has 28 heavy (non-hydrogen) atoms. The van der Waals surface area contributed by atoms with Gasteiger partial charge in [0.05, 0.1) is 6.61 Å². The first-order valence-electron chi connectivity index (χ1n) is 9.26. The number of nitrogens with one attached hydrogen (secondary N) is 1. The first-order valence-corrected chi connectivity index (χ1v) is 10.1. The van der Waals surface area contributed by atoms with Crippen LogP contribution in [-0.4, -0.2) is 18.5 Å². The van der Waals surface area contributed by atoms with Crippen molar-refractivity contribution in [3.8, 4) is 11.1 Å². The van der Waals surface area contributed by atoms with Crippen molar-refractivity contribution in [1.82, 2.24) is 0 Å². The van der Waals surface area contributed by atoms with Crippen LogP contribution in [0.25, 0.3) is 11.1 Å². The van der Waals surface area contributed by atoms with Crippen LogP contribution in [0.5, 0.6) is 0 Å². The summed E-state index contributed by atoms with van der Waals surface area (Å²) in [5.41, 5.74) is 3.78. The van der Waals surface area contributed by atoms with Gasteiger partial charge >= 0.3 is 5.97 Å². The van der Waals surface area contributed by atoms with E-state index in [4.69, 9.17) is 4.74 Å². The quantitative estimate of drug-likeness (QED) is 0.525. The third kappa shape index (κ3) is 4.31. The molecule has 0 aliphatic rings. The van der Waals surface area contributed by atoms with Crippen LogP contribution in [-0.2, 0) is 4.74 Å². The number of hydrogen-bond donors (Lipinski definition) is 1. The van der Waals surface area contributed by atoms with Gasteiger partial charge in [0.2, 0.25) is 0 Å². The lowest BCUT2D eigenvalue weighted by Gasteiger charge is -2.10. The fraction of sp³-hybridized carbons (Fsp3) is 0.217. The number of ether oxygens (including phenoxy) is 1. The molecule has 0 fully saturated rings. The maximum absolute atomic E-state index is 12.7. The van der Waals surface area contributed by atoms with Gasteiger partial charge in [-0.2, -0.15) is 0 Å². The molecule has 1 N–H and O–H groups in total. The number of thiophene rings is 1. The minimum atomic E-state index is -0.437. The number of benzene rings is 2. The summed E-state index contributed by atoms with van der Waals surface area (Å²) in [7, 11) is 0. The Morgan fingerprint density at radius 3 is 2.32 bits per heavy atom. The van der Waals surface area contributed by atoms with Crippen molar-refractivity contribution in [2.45, 2.75) is 26.7 Å². The topological polar surface area (TPSA) is 55.4 Å². The Hall–Kier alpha value is -2.92. The molecule has 0 unspecified atom stereocenters. The van der Waals surface area contributed by atoms with E-state index in [1.54, 1.807) is 19.1 Å². The van der Waals surface area contributed by atoms with E-state index in [1.165, 1.54) is 16.9 Å². The molecule has 2 aromatic carbocycles. The zero-order valence-electron chi connectivity index (χ0n) is 16.2.